The number of nitrogens with zero attached hydrogens (tertiary/aromatic N) is 1. The number of amides is 1. The van der Waals surface area contributed by atoms with Gasteiger partial charge in [-0.1, -0.05) is 48.5 Å². The summed E-state index contributed by atoms with van der Waals surface area (Å²) < 4.78 is 13.6. The quantitative estimate of drug-likeness (QED) is 0.715. The maximum absolute atomic E-state index is 13.6. The van der Waals surface area contributed by atoms with Crippen LogP contribution in [0.5, 0.6) is 0 Å². The number of hydrogen-bond donors (Lipinski definition) is 2. The lowest BCUT2D eigenvalue weighted by Gasteiger charge is -2.08. The number of rotatable bonds is 6. The van der Waals surface area contributed by atoms with E-state index in [1.54, 1.807) is 36.5 Å². The van der Waals surface area contributed by atoms with Crippen LogP contribution in [-0.2, 0) is 17.8 Å². The van der Waals surface area contributed by atoms with Gasteiger partial charge in [-0.3, -0.25) is 4.79 Å². The molecule has 0 spiro atoms. The van der Waals surface area contributed by atoms with Crippen LogP contribution in [-0.4, -0.2) is 10.9 Å². The summed E-state index contributed by atoms with van der Waals surface area (Å²) >= 11 is 0. The minimum absolute atomic E-state index is 0.0132. The highest BCUT2D eigenvalue weighted by Crippen LogP contribution is 2.13. The number of hydrogen-bond acceptors (Lipinski definition) is 3. The van der Waals surface area contributed by atoms with Gasteiger partial charge in [-0.2, -0.15) is 0 Å². The Morgan fingerprint density at radius 3 is 2.44 bits per heavy atom. The Morgan fingerprint density at radius 1 is 0.960 bits per heavy atom. The minimum atomic E-state index is -0.378. The van der Waals surface area contributed by atoms with Crippen molar-refractivity contribution in [2.24, 2.45) is 0 Å². The SMILES string of the molecule is O=C(Cc1ccccc1F)Nc1ccc(NCc2ccccc2)nc1. The van der Waals surface area contributed by atoms with E-state index in [-0.39, 0.29) is 18.1 Å². The molecule has 0 saturated heterocycles. The van der Waals surface area contributed by atoms with E-state index in [1.165, 1.54) is 6.07 Å². The lowest BCUT2D eigenvalue weighted by molar-refractivity contribution is -0.115. The van der Waals surface area contributed by atoms with Crippen molar-refractivity contribution in [1.82, 2.24) is 4.98 Å². The van der Waals surface area contributed by atoms with Gasteiger partial charge >= 0.3 is 0 Å². The van der Waals surface area contributed by atoms with Crippen LogP contribution in [0.2, 0.25) is 0 Å². The summed E-state index contributed by atoms with van der Waals surface area (Å²) in [4.78, 5) is 16.3. The average Bonchev–Trinajstić information content (AvgIpc) is 2.64. The van der Waals surface area contributed by atoms with E-state index in [2.05, 4.69) is 15.6 Å². The summed E-state index contributed by atoms with van der Waals surface area (Å²) in [6.45, 7) is 0.673. The molecule has 3 rings (SSSR count). The molecule has 4 nitrogen and oxygen atoms in total. The first-order valence-corrected chi connectivity index (χ1v) is 7.98. The first kappa shape index (κ1) is 16.6. The van der Waals surface area contributed by atoms with Gasteiger partial charge in [-0.15, -0.1) is 0 Å². The van der Waals surface area contributed by atoms with E-state index in [9.17, 15) is 9.18 Å². The molecule has 0 aliphatic heterocycles. The summed E-state index contributed by atoms with van der Waals surface area (Å²) in [5.41, 5.74) is 2.10. The predicted molar refractivity (Wildman–Crippen MR) is 96.7 cm³/mol. The summed E-state index contributed by atoms with van der Waals surface area (Å²) in [6.07, 6.45) is 1.56. The molecule has 0 bridgehead atoms. The number of anilines is 2. The number of halogens is 1. The molecule has 0 aliphatic rings. The van der Waals surface area contributed by atoms with Crippen molar-refractivity contribution in [2.45, 2.75) is 13.0 Å². The predicted octanol–water partition coefficient (Wildman–Crippen LogP) is 4.01. The van der Waals surface area contributed by atoms with E-state index in [0.717, 1.165) is 11.4 Å². The third-order valence-electron chi connectivity index (χ3n) is 3.67. The van der Waals surface area contributed by atoms with Gasteiger partial charge in [0.2, 0.25) is 5.91 Å². The molecule has 126 valence electrons. The zero-order valence-corrected chi connectivity index (χ0v) is 13.6. The second kappa shape index (κ2) is 8.06. The van der Waals surface area contributed by atoms with Crippen molar-refractivity contribution in [2.75, 3.05) is 10.6 Å². The molecule has 2 N–H and O–H groups in total. The van der Waals surface area contributed by atoms with E-state index >= 15 is 0 Å². The molecule has 3 aromatic rings. The lowest BCUT2D eigenvalue weighted by atomic mass is 10.1. The first-order valence-electron chi connectivity index (χ1n) is 7.98. The molecule has 5 heteroatoms. The van der Waals surface area contributed by atoms with Gasteiger partial charge in [0.1, 0.15) is 11.6 Å². The molecule has 1 aromatic heterocycles. The average molecular weight is 335 g/mol. The largest absolute Gasteiger partial charge is 0.366 e. The van der Waals surface area contributed by atoms with Gasteiger partial charge in [0, 0.05) is 6.54 Å². The number of nitrogens with one attached hydrogen (secondary N) is 2. The van der Waals surface area contributed by atoms with Gasteiger partial charge in [0.05, 0.1) is 18.3 Å². The molecule has 0 fully saturated rings. The number of carbonyl (C=O) groups excluding carboxylic acids is 1. The molecule has 2 aromatic carbocycles. The van der Waals surface area contributed by atoms with Crippen molar-refractivity contribution >= 4 is 17.4 Å². The highest BCUT2D eigenvalue weighted by atomic mass is 19.1. The van der Waals surface area contributed by atoms with Crippen molar-refractivity contribution < 1.29 is 9.18 Å². The highest BCUT2D eigenvalue weighted by molar-refractivity contribution is 5.92. The van der Waals surface area contributed by atoms with Crippen molar-refractivity contribution in [3.8, 4) is 0 Å². The molecular weight excluding hydrogens is 317 g/mol. The Balaban J connectivity index is 1.53. The number of pyridine rings is 1. The summed E-state index contributed by atoms with van der Waals surface area (Å²) in [5.74, 6) is 0.0593. The van der Waals surface area contributed by atoms with Gasteiger partial charge in [0.15, 0.2) is 0 Å². The second-order valence-electron chi connectivity index (χ2n) is 5.59. The van der Waals surface area contributed by atoms with Gasteiger partial charge in [0.25, 0.3) is 0 Å². The Hall–Kier alpha value is -3.21. The van der Waals surface area contributed by atoms with Crippen molar-refractivity contribution in [3.63, 3.8) is 0 Å². The van der Waals surface area contributed by atoms with Crippen LogP contribution < -0.4 is 10.6 Å². The van der Waals surface area contributed by atoms with Gasteiger partial charge < -0.3 is 10.6 Å². The third-order valence-corrected chi connectivity index (χ3v) is 3.67. The zero-order chi connectivity index (χ0) is 17.5. The van der Waals surface area contributed by atoms with E-state index in [4.69, 9.17) is 0 Å². The zero-order valence-electron chi connectivity index (χ0n) is 13.6. The van der Waals surface area contributed by atoms with Gasteiger partial charge in [-0.25, -0.2) is 9.37 Å². The molecule has 0 radical (unpaired) electrons. The molecule has 25 heavy (non-hydrogen) atoms. The smallest absolute Gasteiger partial charge is 0.228 e. The third kappa shape index (κ3) is 4.88. The van der Waals surface area contributed by atoms with E-state index < -0.39 is 0 Å². The Labute approximate surface area is 145 Å². The van der Waals surface area contributed by atoms with Crippen LogP contribution in [0.15, 0.2) is 72.9 Å². The Morgan fingerprint density at radius 2 is 1.72 bits per heavy atom. The Kier molecular flexibility index (Phi) is 5.36. The summed E-state index contributed by atoms with van der Waals surface area (Å²) in [7, 11) is 0. The molecule has 0 atom stereocenters. The molecule has 0 saturated carbocycles. The summed E-state index contributed by atoms with van der Waals surface area (Å²) in [6, 6.07) is 19.8. The maximum Gasteiger partial charge on any atom is 0.228 e. The maximum atomic E-state index is 13.6. The highest BCUT2D eigenvalue weighted by Gasteiger charge is 2.08. The number of aromatic nitrogens is 1. The van der Waals surface area contributed by atoms with Crippen LogP contribution >= 0.6 is 0 Å². The normalized spacial score (nSPS) is 10.3. The van der Waals surface area contributed by atoms with Crippen molar-refractivity contribution in [3.05, 3.63) is 89.9 Å². The summed E-state index contributed by atoms with van der Waals surface area (Å²) in [5, 5.41) is 5.94. The molecule has 1 heterocycles. The standard InChI is InChI=1S/C20H18FN3O/c21-18-9-5-4-8-16(18)12-20(25)24-17-10-11-19(23-14-17)22-13-15-6-2-1-3-7-15/h1-11,14H,12-13H2,(H,22,23)(H,24,25). The number of benzene rings is 2. The van der Waals surface area contributed by atoms with Crippen molar-refractivity contribution in [1.29, 1.82) is 0 Å². The topological polar surface area (TPSA) is 54.0 Å². The fraction of sp³-hybridized carbons (Fsp3) is 0.100. The van der Waals surface area contributed by atoms with Crippen LogP contribution in [0.3, 0.4) is 0 Å². The monoisotopic (exact) mass is 335 g/mol. The molecule has 0 aliphatic carbocycles. The fourth-order valence-electron chi connectivity index (χ4n) is 2.38. The second-order valence-corrected chi connectivity index (χ2v) is 5.59. The lowest BCUT2D eigenvalue weighted by Crippen LogP contribution is -2.15. The van der Waals surface area contributed by atoms with Gasteiger partial charge in [-0.05, 0) is 29.3 Å². The van der Waals surface area contributed by atoms with Crippen LogP contribution in [0.1, 0.15) is 11.1 Å². The molecule has 0 unspecified atom stereocenters. The van der Waals surface area contributed by atoms with E-state index in [0.29, 0.717) is 17.8 Å². The number of carbonyl (C=O) groups is 1. The molecular formula is C20H18FN3O. The van der Waals surface area contributed by atoms with Crippen LogP contribution in [0.25, 0.3) is 0 Å². The first-order chi connectivity index (χ1) is 12.2. The van der Waals surface area contributed by atoms with E-state index in [1.807, 2.05) is 30.3 Å². The fourth-order valence-corrected chi connectivity index (χ4v) is 2.38. The van der Waals surface area contributed by atoms with Crippen LogP contribution in [0.4, 0.5) is 15.9 Å². The molecule has 1 amide bonds. The Bertz CT molecular complexity index is 835. The minimum Gasteiger partial charge on any atom is -0.366 e. The van der Waals surface area contributed by atoms with Crippen LogP contribution in [0, 0.1) is 5.82 Å².